The lowest BCUT2D eigenvalue weighted by Crippen LogP contribution is -2.53. The van der Waals surface area contributed by atoms with Crippen LogP contribution in [0.15, 0.2) is 48.5 Å². The van der Waals surface area contributed by atoms with E-state index in [-0.39, 0.29) is 6.04 Å². The number of rotatable bonds is 4. The minimum atomic E-state index is -5.88. The molecule has 0 radical (unpaired) electrons. The van der Waals surface area contributed by atoms with Crippen LogP contribution in [0.5, 0.6) is 0 Å². The van der Waals surface area contributed by atoms with E-state index in [2.05, 4.69) is 0 Å². The monoisotopic (exact) mass is 403 g/mol. The molecule has 1 unspecified atom stereocenters. The highest BCUT2D eigenvalue weighted by atomic mass is 19.4. The minimum Gasteiger partial charge on any atom is -0.369 e. The number of alkyl halides is 6. The van der Waals surface area contributed by atoms with Crippen LogP contribution in [-0.2, 0) is 12.0 Å². The maximum Gasteiger partial charge on any atom is 0.430 e. The highest BCUT2D eigenvalue weighted by molar-refractivity contribution is 5.61. The average Bonchev–Trinajstić information content (AvgIpc) is 3.04. The lowest BCUT2D eigenvalue weighted by Gasteiger charge is -2.33. The molecule has 2 aromatic carbocycles. The van der Waals surface area contributed by atoms with Crippen molar-refractivity contribution in [3.05, 3.63) is 65.2 Å². The Bertz CT molecular complexity index is 817. The largest absolute Gasteiger partial charge is 0.430 e. The Hall–Kier alpha value is -2.22. The molecule has 8 heteroatoms. The van der Waals surface area contributed by atoms with Crippen molar-refractivity contribution < 1.29 is 31.4 Å². The van der Waals surface area contributed by atoms with Crippen molar-refractivity contribution in [2.24, 2.45) is 0 Å². The first-order valence-corrected chi connectivity index (χ1v) is 8.81. The van der Waals surface area contributed by atoms with Gasteiger partial charge in [0, 0.05) is 17.8 Å². The van der Waals surface area contributed by atoms with E-state index in [9.17, 15) is 31.4 Å². The molecule has 0 saturated carbocycles. The van der Waals surface area contributed by atoms with Gasteiger partial charge in [0.15, 0.2) is 0 Å². The number of nitrogens with zero attached hydrogens (tertiary/aromatic N) is 1. The van der Waals surface area contributed by atoms with Crippen molar-refractivity contribution >= 4 is 5.69 Å². The van der Waals surface area contributed by atoms with Crippen molar-refractivity contribution in [3.8, 4) is 0 Å². The molecule has 2 aromatic rings. The lowest BCUT2D eigenvalue weighted by molar-refractivity contribution is -0.376. The van der Waals surface area contributed by atoms with Crippen LogP contribution < -0.4 is 4.90 Å². The fraction of sp³-hybridized carbons (Fsp3) is 0.400. The predicted octanol–water partition coefficient (Wildman–Crippen LogP) is 5.51. The summed E-state index contributed by atoms with van der Waals surface area (Å²) in [4.78, 5) is 1.98. The first-order valence-electron chi connectivity index (χ1n) is 8.81. The van der Waals surface area contributed by atoms with Crippen molar-refractivity contribution in [1.82, 2.24) is 0 Å². The highest BCUT2D eigenvalue weighted by Gasteiger charge is 2.71. The zero-order valence-electron chi connectivity index (χ0n) is 15.0. The van der Waals surface area contributed by atoms with Gasteiger partial charge in [0.25, 0.3) is 5.60 Å². The second-order valence-corrected chi connectivity index (χ2v) is 6.83. The van der Waals surface area contributed by atoms with E-state index in [1.54, 1.807) is 0 Å². The van der Waals surface area contributed by atoms with Gasteiger partial charge in [-0.25, -0.2) is 0 Å². The van der Waals surface area contributed by atoms with Crippen LogP contribution in [0, 0.1) is 0 Å². The van der Waals surface area contributed by atoms with Gasteiger partial charge in [0.2, 0.25) is 0 Å². The summed E-state index contributed by atoms with van der Waals surface area (Å²) < 4.78 is 78.8. The number of hydrogen-bond donors (Lipinski definition) is 1. The van der Waals surface area contributed by atoms with Crippen LogP contribution in [0.3, 0.4) is 0 Å². The van der Waals surface area contributed by atoms with E-state index in [0.29, 0.717) is 24.2 Å². The zero-order valence-corrected chi connectivity index (χ0v) is 15.0. The molecule has 1 aliphatic heterocycles. The predicted molar refractivity (Wildman–Crippen MR) is 93.0 cm³/mol. The lowest BCUT2D eigenvalue weighted by atomic mass is 9.90. The standard InChI is InChI=1S/C20H19F6NO/c1-2-16(13-6-4-3-5-7-13)27-11-10-14-12-15(8-9-17(14)27)18(28,19(21,22)23)20(24,25)26/h3-9,12,16,28H,2,10-11H2,1H3. The van der Waals surface area contributed by atoms with Crippen molar-refractivity contribution in [3.63, 3.8) is 0 Å². The van der Waals surface area contributed by atoms with E-state index in [1.807, 2.05) is 42.2 Å². The van der Waals surface area contributed by atoms with Crippen LogP contribution in [-0.4, -0.2) is 24.0 Å². The summed E-state index contributed by atoms with van der Waals surface area (Å²) in [5.74, 6) is 0. The number of anilines is 1. The van der Waals surface area contributed by atoms with Crippen LogP contribution in [0.25, 0.3) is 0 Å². The molecule has 1 heterocycles. The first kappa shape index (κ1) is 20.5. The Labute approximate surface area is 158 Å². The Kier molecular flexibility index (Phi) is 5.12. The van der Waals surface area contributed by atoms with Gasteiger partial charge in [0.1, 0.15) is 0 Å². The second kappa shape index (κ2) is 6.99. The molecule has 0 aromatic heterocycles. The van der Waals surface area contributed by atoms with Gasteiger partial charge in [-0.3, -0.25) is 0 Å². The molecule has 1 atom stereocenters. The molecule has 1 N–H and O–H groups in total. The summed E-state index contributed by atoms with van der Waals surface area (Å²) in [7, 11) is 0. The molecule has 0 spiro atoms. The van der Waals surface area contributed by atoms with E-state index in [4.69, 9.17) is 0 Å². The maximum atomic E-state index is 13.1. The molecular weight excluding hydrogens is 384 g/mol. The van der Waals surface area contributed by atoms with Crippen molar-refractivity contribution in [1.29, 1.82) is 0 Å². The molecular formula is C20H19F6NO. The fourth-order valence-corrected chi connectivity index (χ4v) is 3.78. The van der Waals surface area contributed by atoms with Gasteiger partial charge in [-0.15, -0.1) is 0 Å². The van der Waals surface area contributed by atoms with E-state index < -0.39 is 23.5 Å². The summed E-state index contributed by atoms with van der Waals surface area (Å²) >= 11 is 0. The van der Waals surface area contributed by atoms with Crippen molar-refractivity contribution in [2.45, 2.75) is 43.8 Å². The van der Waals surface area contributed by atoms with Crippen molar-refractivity contribution in [2.75, 3.05) is 11.4 Å². The number of fused-ring (bicyclic) bond motifs is 1. The highest BCUT2D eigenvalue weighted by Crippen LogP contribution is 2.51. The molecule has 0 fully saturated rings. The molecule has 3 rings (SSSR count). The van der Waals surface area contributed by atoms with E-state index in [0.717, 1.165) is 24.1 Å². The molecule has 0 saturated heterocycles. The smallest absolute Gasteiger partial charge is 0.369 e. The van der Waals surface area contributed by atoms with Gasteiger partial charge >= 0.3 is 12.4 Å². The Morgan fingerprint density at radius 2 is 1.57 bits per heavy atom. The first-order chi connectivity index (χ1) is 13.0. The molecule has 1 aliphatic rings. The molecule has 0 aliphatic carbocycles. The van der Waals surface area contributed by atoms with Gasteiger partial charge in [-0.05, 0) is 30.0 Å². The third-order valence-electron chi connectivity index (χ3n) is 5.20. The summed E-state index contributed by atoms with van der Waals surface area (Å²) in [5.41, 5.74) is -4.14. The van der Waals surface area contributed by atoms with Gasteiger partial charge in [-0.1, -0.05) is 49.4 Å². The number of aliphatic hydroxyl groups is 1. The minimum absolute atomic E-state index is 0.0441. The normalized spacial score (nSPS) is 16.2. The SMILES string of the molecule is CCC(c1ccccc1)N1CCc2cc(C(O)(C(F)(F)F)C(F)(F)F)ccc21. The van der Waals surface area contributed by atoms with Crippen LogP contribution in [0.2, 0.25) is 0 Å². The maximum absolute atomic E-state index is 13.1. The summed E-state index contributed by atoms with van der Waals surface area (Å²) in [6.07, 6.45) is -10.7. The fourth-order valence-electron chi connectivity index (χ4n) is 3.78. The number of hydrogen-bond acceptors (Lipinski definition) is 2. The molecule has 28 heavy (non-hydrogen) atoms. The Morgan fingerprint density at radius 1 is 0.964 bits per heavy atom. The average molecular weight is 403 g/mol. The summed E-state index contributed by atoms with van der Waals surface area (Å²) in [6.45, 7) is 2.44. The number of benzene rings is 2. The summed E-state index contributed by atoms with van der Waals surface area (Å²) in [5, 5.41) is 9.62. The molecule has 152 valence electrons. The second-order valence-electron chi connectivity index (χ2n) is 6.83. The molecule has 2 nitrogen and oxygen atoms in total. The Balaban J connectivity index is 2.02. The van der Waals surface area contributed by atoms with Gasteiger partial charge in [-0.2, -0.15) is 26.3 Å². The van der Waals surface area contributed by atoms with E-state index >= 15 is 0 Å². The van der Waals surface area contributed by atoms with Crippen LogP contribution in [0.4, 0.5) is 32.0 Å². The number of halogens is 6. The quantitative estimate of drug-likeness (QED) is 0.681. The third kappa shape index (κ3) is 3.23. The van der Waals surface area contributed by atoms with Crippen LogP contribution >= 0.6 is 0 Å². The topological polar surface area (TPSA) is 23.5 Å². The van der Waals surface area contributed by atoms with Gasteiger partial charge < -0.3 is 10.0 Å². The third-order valence-corrected chi connectivity index (χ3v) is 5.20. The van der Waals surface area contributed by atoms with E-state index in [1.165, 1.54) is 6.07 Å². The van der Waals surface area contributed by atoms with Crippen LogP contribution in [0.1, 0.15) is 36.1 Å². The molecule has 0 amide bonds. The molecule has 0 bridgehead atoms. The zero-order chi connectivity index (χ0) is 20.7. The Morgan fingerprint density at radius 3 is 2.11 bits per heavy atom. The van der Waals surface area contributed by atoms with Gasteiger partial charge in [0.05, 0.1) is 6.04 Å². The summed E-state index contributed by atoms with van der Waals surface area (Å²) in [6, 6.07) is 12.2.